The largest absolute Gasteiger partial charge is 0.351 e. The number of carbonyl (C=O) groups excluding carboxylic acids is 2. The van der Waals surface area contributed by atoms with E-state index in [2.05, 4.69) is 29.1 Å². The lowest BCUT2D eigenvalue weighted by Gasteiger charge is -2.33. The SMILES string of the molecule is CC(C)c1ccc([C@@H](C(=O)NC2CCCCC2)N(C(=O)c2ccccn2)c2cccnc2)cc1. The summed E-state index contributed by atoms with van der Waals surface area (Å²) in [4.78, 5) is 37.6. The summed E-state index contributed by atoms with van der Waals surface area (Å²) in [6.07, 6.45) is 10.2. The van der Waals surface area contributed by atoms with Gasteiger partial charge in [-0.3, -0.25) is 24.5 Å². The molecule has 0 radical (unpaired) electrons. The summed E-state index contributed by atoms with van der Waals surface area (Å²) < 4.78 is 0. The molecule has 6 nitrogen and oxygen atoms in total. The van der Waals surface area contributed by atoms with Crippen molar-refractivity contribution in [1.82, 2.24) is 15.3 Å². The molecule has 34 heavy (non-hydrogen) atoms. The van der Waals surface area contributed by atoms with Gasteiger partial charge in [-0.05, 0) is 54.2 Å². The maximum atomic E-state index is 13.8. The zero-order valence-corrected chi connectivity index (χ0v) is 19.9. The molecule has 2 aromatic heterocycles. The van der Waals surface area contributed by atoms with Crippen molar-refractivity contribution in [2.24, 2.45) is 0 Å². The number of hydrogen-bond donors (Lipinski definition) is 1. The predicted molar refractivity (Wildman–Crippen MR) is 134 cm³/mol. The highest BCUT2D eigenvalue weighted by molar-refractivity contribution is 6.09. The monoisotopic (exact) mass is 456 g/mol. The zero-order valence-electron chi connectivity index (χ0n) is 19.9. The van der Waals surface area contributed by atoms with Crippen LogP contribution in [0.1, 0.15) is 79.5 Å². The van der Waals surface area contributed by atoms with E-state index >= 15 is 0 Å². The van der Waals surface area contributed by atoms with Gasteiger partial charge in [0.2, 0.25) is 5.91 Å². The molecule has 1 aromatic carbocycles. The molecule has 0 saturated heterocycles. The number of nitrogens with zero attached hydrogens (tertiary/aromatic N) is 3. The number of nitrogens with one attached hydrogen (secondary N) is 1. The molecule has 1 aliphatic carbocycles. The van der Waals surface area contributed by atoms with E-state index in [0.717, 1.165) is 31.2 Å². The Balaban J connectivity index is 1.78. The first-order valence-corrected chi connectivity index (χ1v) is 12.1. The summed E-state index contributed by atoms with van der Waals surface area (Å²) in [6, 6.07) is 16.0. The quantitative estimate of drug-likeness (QED) is 0.514. The van der Waals surface area contributed by atoms with Gasteiger partial charge in [0, 0.05) is 18.4 Å². The zero-order chi connectivity index (χ0) is 23.9. The Hall–Kier alpha value is -3.54. The minimum absolute atomic E-state index is 0.124. The molecule has 176 valence electrons. The Morgan fingerprint density at radius 1 is 0.912 bits per heavy atom. The lowest BCUT2D eigenvalue weighted by molar-refractivity contribution is -0.123. The fourth-order valence-corrected chi connectivity index (χ4v) is 4.50. The third kappa shape index (κ3) is 5.50. The summed E-state index contributed by atoms with van der Waals surface area (Å²) in [5.41, 5.74) is 2.76. The highest BCUT2D eigenvalue weighted by Gasteiger charge is 2.35. The Morgan fingerprint density at radius 2 is 1.65 bits per heavy atom. The van der Waals surface area contributed by atoms with Crippen LogP contribution in [-0.2, 0) is 4.79 Å². The summed E-state index contributed by atoms with van der Waals surface area (Å²) in [6.45, 7) is 4.27. The molecule has 4 rings (SSSR count). The lowest BCUT2D eigenvalue weighted by atomic mass is 9.94. The molecule has 0 unspecified atom stereocenters. The van der Waals surface area contributed by atoms with Gasteiger partial charge in [-0.1, -0.05) is 63.4 Å². The lowest BCUT2D eigenvalue weighted by Crippen LogP contribution is -2.47. The van der Waals surface area contributed by atoms with Crippen molar-refractivity contribution in [1.29, 1.82) is 0 Å². The van der Waals surface area contributed by atoms with E-state index in [1.54, 1.807) is 48.9 Å². The van der Waals surface area contributed by atoms with Crippen molar-refractivity contribution in [3.63, 3.8) is 0 Å². The van der Waals surface area contributed by atoms with Gasteiger partial charge in [0.05, 0.1) is 11.9 Å². The Kier molecular flexibility index (Phi) is 7.68. The molecule has 1 N–H and O–H groups in total. The maximum Gasteiger partial charge on any atom is 0.277 e. The van der Waals surface area contributed by atoms with Gasteiger partial charge in [0.1, 0.15) is 11.7 Å². The number of benzene rings is 1. The van der Waals surface area contributed by atoms with Crippen LogP contribution < -0.4 is 10.2 Å². The number of anilines is 1. The molecule has 0 aliphatic heterocycles. The van der Waals surface area contributed by atoms with Crippen LogP contribution >= 0.6 is 0 Å². The van der Waals surface area contributed by atoms with Gasteiger partial charge in [-0.25, -0.2) is 0 Å². The van der Waals surface area contributed by atoms with E-state index in [1.807, 2.05) is 24.3 Å². The van der Waals surface area contributed by atoms with Crippen LogP contribution in [0.3, 0.4) is 0 Å². The normalized spacial score (nSPS) is 15.0. The molecule has 3 aromatic rings. The third-order valence-corrected chi connectivity index (χ3v) is 6.40. The van der Waals surface area contributed by atoms with E-state index in [-0.39, 0.29) is 23.6 Å². The average molecular weight is 457 g/mol. The molecule has 0 bridgehead atoms. The van der Waals surface area contributed by atoms with Crippen LogP contribution in [0.25, 0.3) is 0 Å². The van der Waals surface area contributed by atoms with Crippen molar-refractivity contribution in [2.75, 3.05) is 4.90 Å². The van der Waals surface area contributed by atoms with Crippen molar-refractivity contribution in [3.8, 4) is 0 Å². The predicted octanol–water partition coefficient (Wildman–Crippen LogP) is 5.44. The first kappa shape index (κ1) is 23.6. The van der Waals surface area contributed by atoms with E-state index in [4.69, 9.17) is 0 Å². The van der Waals surface area contributed by atoms with Gasteiger partial charge < -0.3 is 5.32 Å². The van der Waals surface area contributed by atoms with E-state index in [9.17, 15) is 9.59 Å². The Bertz CT molecular complexity index is 1080. The van der Waals surface area contributed by atoms with Gasteiger partial charge in [0.15, 0.2) is 0 Å². The molecule has 2 amide bonds. The minimum atomic E-state index is -0.846. The number of aromatic nitrogens is 2. The second-order valence-electron chi connectivity index (χ2n) is 9.17. The summed E-state index contributed by atoms with van der Waals surface area (Å²) in [7, 11) is 0. The molecule has 1 saturated carbocycles. The molecule has 1 aliphatic rings. The standard InChI is InChI=1S/C28H32N4O2/c1-20(2)21-13-15-22(16-14-21)26(27(33)31-23-9-4-3-5-10-23)32(24-11-8-17-29-19-24)28(34)25-12-6-7-18-30-25/h6-8,11-20,23,26H,3-5,9-10H2,1-2H3,(H,31,33)/t26-/m0/s1. The summed E-state index contributed by atoms with van der Waals surface area (Å²) >= 11 is 0. The molecule has 0 spiro atoms. The molecular formula is C28H32N4O2. The van der Waals surface area contributed by atoms with Gasteiger partial charge in [-0.2, -0.15) is 0 Å². The topological polar surface area (TPSA) is 75.2 Å². The van der Waals surface area contributed by atoms with Crippen molar-refractivity contribution in [2.45, 2.75) is 64.0 Å². The summed E-state index contributed by atoms with van der Waals surface area (Å²) in [5, 5.41) is 3.24. The molecule has 2 heterocycles. The smallest absolute Gasteiger partial charge is 0.277 e. The first-order valence-electron chi connectivity index (χ1n) is 12.1. The summed E-state index contributed by atoms with van der Waals surface area (Å²) in [5.74, 6) is -0.157. The number of rotatable bonds is 7. The van der Waals surface area contributed by atoms with E-state index in [0.29, 0.717) is 11.6 Å². The fourth-order valence-electron chi connectivity index (χ4n) is 4.50. The molecule has 1 fully saturated rings. The molecule has 6 heteroatoms. The van der Waals surface area contributed by atoms with Crippen molar-refractivity contribution >= 4 is 17.5 Å². The highest BCUT2D eigenvalue weighted by atomic mass is 16.2. The Labute approximate surface area is 201 Å². The van der Waals surface area contributed by atoms with Crippen LogP contribution in [0.4, 0.5) is 5.69 Å². The van der Waals surface area contributed by atoms with Crippen LogP contribution in [0.2, 0.25) is 0 Å². The number of hydrogen-bond acceptors (Lipinski definition) is 4. The van der Waals surface area contributed by atoms with E-state index < -0.39 is 6.04 Å². The average Bonchev–Trinajstić information content (AvgIpc) is 2.88. The molecule has 1 atom stereocenters. The second-order valence-corrected chi connectivity index (χ2v) is 9.17. The van der Waals surface area contributed by atoms with Crippen molar-refractivity contribution in [3.05, 3.63) is 90.0 Å². The van der Waals surface area contributed by atoms with Crippen LogP contribution in [0.15, 0.2) is 73.2 Å². The second kappa shape index (κ2) is 11.1. The van der Waals surface area contributed by atoms with E-state index in [1.165, 1.54) is 16.9 Å². The van der Waals surface area contributed by atoms with Crippen LogP contribution in [-0.4, -0.2) is 27.8 Å². The molecular weight excluding hydrogens is 424 g/mol. The van der Waals surface area contributed by atoms with Crippen LogP contribution in [0, 0.1) is 0 Å². The third-order valence-electron chi connectivity index (χ3n) is 6.40. The first-order chi connectivity index (χ1) is 16.5. The van der Waals surface area contributed by atoms with Crippen molar-refractivity contribution < 1.29 is 9.59 Å². The van der Waals surface area contributed by atoms with Gasteiger partial charge in [-0.15, -0.1) is 0 Å². The van der Waals surface area contributed by atoms with Gasteiger partial charge in [0.25, 0.3) is 5.91 Å². The highest BCUT2D eigenvalue weighted by Crippen LogP contribution is 2.31. The van der Waals surface area contributed by atoms with Crippen LogP contribution in [0.5, 0.6) is 0 Å². The van der Waals surface area contributed by atoms with Gasteiger partial charge >= 0.3 is 0 Å². The minimum Gasteiger partial charge on any atom is -0.351 e. The number of amides is 2. The fraction of sp³-hybridized carbons (Fsp3) is 0.357. The maximum absolute atomic E-state index is 13.8. The Morgan fingerprint density at radius 3 is 2.26 bits per heavy atom. The number of carbonyl (C=O) groups is 2. The number of pyridine rings is 2.